The molecule has 18 heavy (non-hydrogen) atoms. The second kappa shape index (κ2) is 5.69. The minimum Gasteiger partial charge on any atom is -0.497 e. The zero-order valence-electron chi connectivity index (χ0n) is 10.7. The Morgan fingerprint density at radius 1 is 1.33 bits per heavy atom. The van der Waals surface area contributed by atoms with Crippen molar-refractivity contribution in [1.29, 1.82) is 0 Å². The standard InChI is InChI=1S/C14H18N2O2/c1-3-16-9-8-15-14(16)10-13(17)11-4-6-12(18-2)7-5-11/h4-9,13,17H,3,10H2,1-2H3. The van der Waals surface area contributed by atoms with E-state index in [9.17, 15) is 5.11 Å². The molecule has 0 aliphatic carbocycles. The van der Waals surface area contributed by atoms with Crippen molar-refractivity contribution in [2.45, 2.75) is 26.0 Å². The van der Waals surface area contributed by atoms with Gasteiger partial charge in [0.1, 0.15) is 11.6 Å². The maximum absolute atomic E-state index is 10.2. The first kappa shape index (κ1) is 12.6. The number of imidazole rings is 1. The fraction of sp³-hybridized carbons (Fsp3) is 0.357. The molecule has 0 fully saturated rings. The lowest BCUT2D eigenvalue weighted by atomic mass is 10.1. The summed E-state index contributed by atoms with van der Waals surface area (Å²) >= 11 is 0. The molecule has 0 spiro atoms. The minimum absolute atomic E-state index is 0.521. The number of benzene rings is 1. The second-order valence-electron chi connectivity index (χ2n) is 4.12. The number of aryl methyl sites for hydroxylation is 1. The lowest BCUT2D eigenvalue weighted by molar-refractivity contribution is 0.174. The Kier molecular flexibility index (Phi) is 3.99. The Morgan fingerprint density at radius 2 is 2.06 bits per heavy atom. The van der Waals surface area contributed by atoms with Crippen LogP contribution in [0.5, 0.6) is 5.75 Å². The summed E-state index contributed by atoms with van der Waals surface area (Å²) in [6.45, 7) is 2.93. The van der Waals surface area contributed by atoms with E-state index in [1.807, 2.05) is 35.0 Å². The van der Waals surface area contributed by atoms with Crippen LogP contribution in [-0.4, -0.2) is 21.8 Å². The van der Waals surface area contributed by atoms with Gasteiger partial charge in [-0.1, -0.05) is 12.1 Å². The van der Waals surface area contributed by atoms with Gasteiger partial charge in [-0.2, -0.15) is 0 Å². The molecule has 1 N–H and O–H groups in total. The number of hydrogen-bond acceptors (Lipinski definition) is 3. The molecule has 2 rings (SSSR count). The third kappa shape index (κ3) is 2.71. The Hall–Kier alpha value is -1.81. The Balaban J connectivity index is 2.09. The molecule has 0 amide bonds. The van der Waals surface area contributed by atoms with Crippen LogP contribution >= 0.6 is 0 Å². The summed E-state index contributed by atoms with van der Waals surface area (Å²) in [5, 5.41) is 10.2. The normalized spacial score (nSPS) is 12.4. The first-order chi connectivity index (χ1) is 8.74. The topological polar surface area (TPSA) is 47.3 Å². The van der Waals surface area contributed by atoms with Gasteiger partial charge in [-0.3, -0.25) is 0 Å². The summed E-state index contributed by atoms with van der Waals surface area (Å²) in [6, 6.07) is 7.46. The highest BCUT2D eigenvalue weighted by molar-refractivity contribution is 5.28. The van der Waals surface area contributed by atoms with E-state index in [0.717, 1.165) is 23.7 Å². The highest BCUT2D eigenvalue weighted by Crippen LogP contribution is 2.20. The molecule has 4 heteroatoms. The molecule has 1 aromatic carbocycles. The number of aromatic nitrogens is 2. The zero-order valence-corrected chi connectivity index (χ0v) is 10.7. The summed E-state index contributed by atoms with van der Waals surface area (Å²) in [5.74, 6) is 1.70. The van der Waals surface area contributed by atoms with E-state index in [4.69, 9.17) is 4.74 Å². The van der Waals surface area contributed by atoms with E-state index in [0.29, 0.717) is 6.42 Å². The van der Waals surface area contributed by atoms with Crippen molar-refractivity contribution in [2.75, 3.05) is 7.11 Å². The van der Waals surface area contributed by atoms with Crippen molar-refractivity contribution in [3.63, 3.8) is 0 Å². The summed E-state index contributed by atoms with van der Waals surface area (Å²) in [4.78, 5) is 4.26. The first-order valence-corrected chi connectivity index (χ1v) is 6.06. The average molecular weight is 246 g/mol. The number of rotatable bonds is 5. The fourth-order valence-electron chi connectivity index (χ4n) is 1.93. The van der Waals surface area contributed by atoms with E-state index in [2.05, 4.69) is 11.9 Å². The molecule has 96 valence electrons. The SMILES string of the molecule is CCn1ccnc1CC(O)c1ccc(OC)cc1. The van der Waals surface area contributed by atoms with Gasteiger partial charge in [-0.25, -0.2) is 4.98 Å². The lowest BCUT2D eigenvalue weighted by Gasteiger charge is -2.12. The van der Waals surface area contributed by atoms with E-state index < -0.39 is 6.10 Å². The number of methoxy groups -OCH3 is 1. The van der Waals surface area contributed by atoms with Gasteiger partial charge in [0, 0.05) is 25.4 Å². The van der Waals surface area contributed by atoms with Crippen molar-refractivity contribution in [3.8, 4) is 5.75 Å². The molecule has 0 aliphatic heterocycles. The number of aliphatic hydroxyl groups is 1. The van der Waals surface area contributed by atoms with Crippen LogP contribution in [0.1, 0.15) is 24.4 Å². The molecule has 1 heterocycles. The van der Waals surface area contributed by atoms with Gasteiger partial charge >= 0.3 is 0 Å². The number of aliphatic hydroxyl groups excluding tert-OH is 1. The summed E-state index contributed by atoms with van der Waals surface area (Å²) in [7, 11) is 1.63. The third-order valence-corrected chi connectivity index (χ3v) is 3.02. The van der Waals surface area contributed by atoms with Crippen LogP contribution in [0.3, 0.4) is 0 Å². The van der Waals surface area contributed by atoms with Crippen LogP contribution in [0, 0.1) is 0 Å². The lowest BCUT2D eigenvalue weighted by Crippen LogP contribution is -2.08. The van der Waals surface area contributed by atoms with Crippen molar-refractivity contribution >= 4 is 0 Å². The van der Waals surface area contributed by atoms with Gasteiger partial charge in [0.15, 0.2) is 0 Å². The second-order valence-corrected chi connectivity index (χ2v) is 4.12. The molecule has 0 bridgehead atoms. The predicted octanol–water partition coefficient (Wildman–Crippen LogP) is 2.19. The molecule has 1 unspecified atom stereocenters. The number of hydrogen-bond donors (Lipinski definition) is 1. The Labute approximate surface area is 107 Å². The van der Waals surface area contributed by atoms with Crippen LogP contribution in [0.4, 0.5) is 0 Å². The Bertz CT molecular complexity index is 491. The zero-order chi connectivity index (χ0) is 13.0. The van der Waals surface area contributed by atoms with Crippen LogP contribution < -0.4 is 4.74 Å². The van der Waals surface area contributed by atoms with Crippen LogP contribution in [-0.2, 0) is 13.0 Å². The van der Waals surface area contributed by atoms with Crippen molar-refractivity contribution in [1.82, 2.24) is 9.55 Å². The predicted molar refractivity (Wildman–Crippen MR) is 69.6 cm³/mol. The van der Waals surface area contributed by atoms with Gasteiger partial charge in [-0.15, -0.1) is 0 Å². The van der Waals surface area contributed by atoms with E-state index in [1.165, 1.54) is 0 Å². The molecule has 1 atom stereocenters. The molecule has 0 saturated carbocycles. The molecule has 0 saturated heterocycles. The quantitative estimate of drug-likeness (QED) is 0.879. The minimum atomic E-state index is -0.538. The van der Waals surface area contributed by atoms with Gasteiger partial charge in [0.25, 0.3) is 0 Å². The van der Waals surface area contributed by atoms with Crippen molar-refractivity contribution in [2.24, 2.45) is 0 Å². The van der Waals surface area contributed by atoms with Gasteiger partial charge in [0.05, 0.1) is 13.2 Å². The third-order valence-electron chi connectivity index (χ3n) is 3.02. The van der Waals surface area contributed by atoms with Gasteiger partial charge in [-0.05, 0) is 24.6 Å². The fourth-order valence-corrected chi connectivity index (χ4v) is 1.93. The molecule has 0 radical (unpaired) electrons. The van der Waals surface area contributed by atoms with Gasteiger partial charge in [0.2, 0.25) is 0 Å². The van der Waals surface area contributed by atoms with E-state index in [-0.39, 0.29) is 0 Å². The number of ether oxygens (including phenoxy) is 1. The average Bonchev–Trinajstić information content (AvgIpc) is 2.86. The molecule has 0 aliphatic rings. The highest BCUT2D eigenvalue weighted by atomic mass is 16.5. The monoisotopic (exact) mass is 246 g/mol. The van der Waals surface area contributed by atoms with Gasteiger partial charge < -0.3 is 14.4 Å². The summed E-state index contributed by atoms with van der Waals surface area (Å²) < 4.78 is 7.13. The van der Waals surface area contributed by atoms with Crippen molar-refractivity contribution < 1.29 is 9.84 Å². The van der Waals surface area contributed by atoms with Crippen molar-refractivity contribution in [3.05, 3.63) is 48.0 Å². The van der Waals surface area contributed by atoms with Crippen LogP contribution in [0.15, 0.2) is 36.7 Å². The largest absolute Gasteiger partial charge is 0.497 e. The van der Waals surface area contributed by atoms with Crippen LogP contribution in [0.25, 0.3) is 0 Å². The molecule has 2 aromatic rings. The molecule has 1 aromatic heterocycles. The maximum Gasteiger partial charge on any atom is 0.118 e. The highest BCUT2D eigenvalue weighted by Gasteiger charge is 2.12. The van der Waals surface area contributed by atoms with E-state index >= 15 is 0 Å². The first-order valence-electron chi connectivity index (χ1n) is 6.06. The number of nitrogens with zero attached hydrogens (tertiary/aromatic N) is 2. The molecular weight excluding hydrogens is 228 g/mol. The molecular formula is C14H18N2O2. The van der Waals surface area contributed by atoms with Crippen LogP contribution in [0.2, 0.25) is 0 Å². The van der Waals surface area contributed by atoms with E-state index in [1.54, 1.807) is 13.3 Å². The Morgan fingerprint density at radius 3 is 2.67 bits per heavy atom. The maximum atomic E-state index is 10.2. The molecule has 4 nitrogen and oxygen atoms in total. The summed E-state index contributed by atoms with van der Waals surface area (Å²) in [5.41, 5.74) is 0.876. The smallest absolute Gasteiger partial charge is 0.118 e. The summed E-state index contributed by atoms with van der Waals surface area (Å²) in [6.07, 6.45) is 3.67.